The molecule has 0 aromatic carbocycles. The average molecular weight is 276 g/mol. The molecule has 8 nitrogen and oxygen atoms in total. The van der Waals surface area contributed by atoms with Crippen molar-refractivity contribution in [2.45, 2.75) is 29.9 Å². The molecule has 0 radical (unpaired) electrons. The fourth-order valence-electron chi connectivity index (χ4n) is 1.27. The monoisotopic (exact) mass is 276 g/mol. The summed E-state index contributed by atoms with van der Waals surface area (Å²) in [6.07, 6.45) is -6.11. The van der Waals surface area contributed by atoms with Crippen molar-refractivity contribution >= 4 is 19.9 Å². The minimum atomic E-state index is -4.47. The summed E-state index contributed by atoms with van der Waals surface area (Å²) in [5, 5.41) is 36.8. The molecule has 0 unspecified atom stereocenters. The Balaban J connectivity index is 2.79. The van der Waals surface area contributed by atoms with Crippen molar-refractivity contribution < 1.29 is 38.1 Å². The minimum absolute atomic E-state index is 0.116. The Hall–Kier alpha value is 0.0600. The van der Waals surface area contributed by atoms with Crippen LogP contribution in [-0.4, -0.2) is 69.9 Å². The molecule has 1 fully saturated rings. The standard InChI is InChI=1S/C6H12O8S2/c7-1-2-3(8)4(9)5(10)6(14-2)15-16(11,12)13/h2-10H,1H2,(H,11,12,13)/t2-,3-,4+,5-,6+/m1/s1. The number of ether oxygens (including phenoxy) is 1. The number of hydrogen-bond donors (Lipinski definition) is 5. The lowest BCUT2D eigenvalue weighted by Gasteiger charge is -2.38. The van der Waals surface area contributed by atoms with Gasteiger partial charge in [0.2, 0.25) is 0 Å². The number of aliphatic hydroxyl groups is 4. The highest BCUT2D eigenvalue weighted by Gasteiger charge is 2.45. The Labute approximate surface area is 95.0 Å². The predicted octanol–water partition coefficient (Wildman–Crippen LogP) is -2.68. The summed E-state index contributed by atoms with van der Waals surface area (Å²) < 4.78 is 34.5. The second-order valence-corrected chi connectivity index (χ2v) is 6.57. The predicted molar refractivity (Wildman–Crippen MR) is 52.9 cm³/mol. The summed E-state index contributed by atoms with van der Waals surface area (Å²) in [6, 6.07) is 0. The molecule has 96 valence electrons. The molecule has 0 amide bonds. The zero-order chi connectivity index (χ0) is 12.5. The molecule has 0 bridgehead atoms. The van der Waals surface area contributed by atoms with E-state index in [9.17, 15) is 23.7 Å². The van der Waals surface area contributed by atoms with Crippen LogP contribution in [0.2, 0.25) is 0 Å². The zero-order valence-electron chi connectivity index (χ0n) is 7.87. The smallest absolute Gasteiger partial charge is 0.322 e. The summed E-state index contributed by atoms with van der Waals surface area (Å²) in [7, 11) is -4.59. The molecular formula is C6H12O8S2. The van der Waals surface area contributed by atoms with Gasteiger partial charge in [0.05, 0.1) is 6.61 Å². The maximum absolute atomic E-state index is 10.5. The summed E-state index contributed by atoms with van der Waals surface area (Å²) >= 11 is 0. The van der Waals surface area contributed by atoms with E-state index in [2.05, 4.69) is 0 Å². The van der Waals surface area contributed by atoms with E-state index in [1.165, 1.54) is 0 Å². The van der Waals surface area contributed by atoms with Gasteiger partial charge in [-0.25, -0.2) is 0 Å². The molecule has 5 N–H and O–H groups in total. The van der Waals surface area contributed by atoms with Gasteiger partial charge in [0, 0.05) is 10.8 Å². The fourth-order valence-corrected chi connectivity index (χ4v) is 3.17. The van der Waals surface area contributed by atoms with Gasteiger partial charge < -0.3 is 25.2 Å². The quantitative estimate of drug-likeness (QED) is 0.275. The van der Waals surface area contributed by atoms with E-state index in [4.69, 9.17) is 14.4 Å². The lowest BCUT2D eigenvalue weighted by Crippen LogP contribution is -2.57. The van der Waals surface area contributed by atoms with Crippen LogP contribution in [0.4, 0.5) is 0 Å². The first kappa shape index (κ1) is 14.1. The number of aliphatic hydroxyl groups excluding tert-OH is 4. The van der Waals surface area contributed by atoms with Gasteiger partial charge in [0.1, 0.15) is 29.9 Å². The van der Waals surface area contributed by atoms with Crippen LogP contribution in [-0.2, 0) is 13.9 Å². The lowest BCUT2D eigenvalue weighted by molar-refractivity contribution is -0.205. The molecule has 1 aliphatic rings. The van der Waals surface area contributed by atoms with Gasteiger partial charge in [-0.1, -0.05) is 0 Å². The van der Waals surface area contributed by atoms with Crippen molar-refractivity contribution in [2.24, 2.45) is 0 Å². The van der Waals surface area contributed by atoms with Crippen LogP contribution < -0.4 is 0 Å². The van der Waals surface area contributed by atoms with Crippen LogP contribution in [0.15, 0.2) is 0 Å². The van der Waals surface area contributed by atoms with Crippen LogP contribution in [0.5, 0.6) is 0 Å². The first-order valence-corrected chi connectivity index (χ1v) is 7.06. The van der Waals surface area contributed by atoms with Crippen molar-refractivity contribution in [1.82, 2.24) is 0 Å². The van der Waals surface area contributed by atoms with E-state index < -0.39 is 45.6 Å². The molecule has 1 heterocycles. The zero-order valence-corrected chi connectivity index (χ0v) is 9.50. The summed E-state index contributed by atoms with van der Waals surface area (Å²) in [5.74, 6) is 0. The highest BCUT2D eigenvalue weighted by Crippen LogP contribution is 2.30. The molecule has 0 aromatic heterocycles. The second-order valence-electron chi connectivity index (χ2n) is 3.22. The Morgan fingerprint density at radius 1 is 1.12 bits per heavy atom. The number of rotatable bonds is 3. The van der Waals surface area contributed by atoms with Crippen molar-refractivity contribution in [2.75, 3.05) is 6.61 Å². The third kappa shape index (κ3) is 3.28. The topological polar surface area (TPSA) is 145 Å². The van der Waals surface area contributed by atoms with E-state index in [0.717, 1.165) is 0 Å². The maximum atomic E-state index is 10.5. The molecule has 16 heavy (non-hydrogen) atoms. The highest BCUT2D eigenvalue weighted by atomic mass is 33.1. The Kier molecular flexibility index (Phi) is 4.54. The third-order valence-corrected chi connectivity index (χ3v) is 4.19. The van der Waals surface area contributed by atoms with E-state index in [-0.39, 0.29) is 10.8 Å². The summed E-state index contributed by atoms with van der Waals surface area (Å²) in [6.45, 7) is -0.659. The van der Waals surface area contributed by atoms with Gasteiger partial charge in [-0.15, -0.1) is 0 Å². The molecule has 1 aliphatic heterocycles. The van der Waals surface area contributed by atoms with Gasteiger partial charge in [0.15, 0.2) is 0 Å². The summed E-state index contributed by atoms with van der Waals surface area (Å²) in [5.41, 5.74) is -1.48. The molecule has 1 saturated heterocycles. The van der Waals surface area contributed by atoms with Crippen molar-refractivity contribution in [1.29, 1.82) is 0 Å². The average Bonchev–Trinajstić information content (AvgIpc) is 2.17. The Bertz CT molecular complexity index is 327. The highest BCUT2D eigenvalue weighted by molar-refractivity contribution is 8.70. The van der Waals surface area contributed by atoms with Crippen LogP contribution in [0.25, 0.3) is 0 Å². The molecule has 0 spiro atoms. The van der Waals surface area contributed by atoms with E-state index in [1.54, 1.807) is 0 Å². The molecule has 1 rings (SSSR count). The van der Waals surface area contributed by atoms with Gasteiger partial charge in [-0.05, 0) is 0 Å². The van der Waals surface area contributed by atoms with Gasteiger partial charge in [0.25, 0.3) is 0 Å². The van der Waals surface area contributed by atoms with Gasteiger partial charge >= 0.3 is 9.15 Å². The van der Waals surface area contributed by atoms with Crippen LogP contribution in [0.1, 0.15) is 0 Å². The summed E-state index contributed by atoms with van der Waals surface area (Å²) in [4.78, 5) is 0. The largest absolute Gasteiger partial charge is 0.394 e. The normalized spacial score (nSPS) is 40.9. The van der Waals surface area contributed by atoms with Gasteiger partial charge in [-0.2, -0.15) is 8.42 Å². The van der Waals surface area contributed by atoms with Gasteiger partial charge in [-0.3, -0.25) is 4.55 Å². The third-order valence-electron chi connectivity index (χ3n) is 2.06. The van der Waals surface area contributed by atoms with E-state index in [1.807, 2.05) is 0 Å². The molecule has 5 atom stereocenters. The first-order valence-electron chi connectivity index (χ1n) is 4.22. The Morgan fingerprint density at radius 2 is 1.69 bits per heavy atom. The Morgan fingerprint density at radius 3 is 2.12 bits per heavy atom. The number of hydrogen-bond acceptors (Lipinski definition) is 8. The van der Waals surface area contributed by atoms with Crippen LogP contribution in [0.3, 0.4) is 0 Å². The second kappa shape index (κ2) is 5.14. The molecule has 0 aliphatic carbocycles. The molecule has 0 aromatic rings. The van der Waals surface area contributed by atoms with E-state index in [0.29, 0.717) is 0 Å². The molecular weight excluding hydrogens is 264 g/mol. The van der Waals surface area contributed by atoms with Crippen molar-refractivity contribution in [3.05, 3.63) is 0 Å². The minimum Gasteiger partial charge on any atom is -0.394 e. The molecule has 0 saturated carbocycles. The SMILES string of the molecule is O=S(=O)(O)S[C@@H]1O[C@H](CO)[C@@H](O)[C@H](O)[C@H]1O. The lowest BCUT2D eigenvalue weighted by atomic mass is 10.0. The first-order chi connectivity index (χ1) is 7.26. The van der Waals surface area contributed by atoms with Crippen molar-refractivity contribution in [3.8, 4) is 0 Å². The van der Waals surface area contributed by atoms with E-state index >= 15 is 0 Å². The fraction of sp³-hybridized carbons (Fsp3) is 1.00. The van der Waals surface area contributed by atoms with Crippen molar-refractivity contribution in [3.63, 3.8) is 0 Å². The van der Waals surface area contributed by atoms with Crippen LogP contribution in [0, 0.1) is 0 Å². The maximum Gasteiger partial charge on any atom is 0.322 e. The molecule has 10 heteroatoms. The van der Waals surface area contributed by atoms with Crippen LogP contribution >= 0.6 is 10.8 Å².